The molecule has 1 heterocycles. The fourth-order valence-electron chi connectivity index (χ4n) is 2.34. The zero-order chi connectivity index (χ0) is 13.3. The highest BCUT2D eigenvalue weighted by Gasteiger charge is 2.33. The number of hydrogen-bond acceptors (Lipinski definition) is 3. The summed E-state index contributed by atoms with van der Waals surface area (Å²) in [6, 6.07) is 2.27. The monoisotopic (exact) mass is 287 g/mol. The van der Waals surface area contributed by atoms with E-state index in [2.05, 4.69) is 16.9 Å². The van der Waals surface area contributed by atoms with Crippen molar-refractivity contribution in [2.75, 3.05) is 13.6 Å². The summed E-state index contributed by atoms with van der Waals surface area (Å²) in [5, 5.41) is 1.18. The maximum absolute atomic E-state index is 6.24. The maximum Gasteiger partial charge on any atom is 0.135 e. The Hall–Kier alpha value is -0.350. The van der Waals surface area contributed by atoms with Gasteiger partial charge in [0.15, 0.2) is 0 Å². The van der Waals surface area contributed by atoms with Gasteiger partial charge in [0.2, 0.25) is 0 Å². The molecule has 3 nitrogen and oxygen atoms in total. The van der Waals surface area contributed by atoms with E-state index >= 15 is 0 Å². The average Bonchev–Trinajstić information content (AvgIpc) is 3.08. The number of halogens is 2. The quantitative estimate of drug-likeness (QED) is 0.847. The normalized spacial score (nSPS) is 17.2. The summed E-state index contributed by atoms with van der Waals surface area (Å²) >= 11 is 12.4. The number of aryl methyl sites for hydroxylation is 1. The second kappa shape index (κ2) is 5.74. The molecule has 5 heteroatoms. The molecular formula is C13H19Cl2N3. The predicted molar refractivity (Wildman–Crippen MR) is 76.0 cm³/mol. The van der Waals surface area contributed by atoms with Gasteiger partial charge in [0.1, 0.15) is 5.15 Å². The molecule has 0 spiro atoms. The first-order chi connectivity index (χ1) is 8.52. The number of nitrogens with two attached hydrogens (primary N) is 1. The second-order valence-electron chi connectivity index (χ2n) is 5.07. The number of rotatable bonds is 5. The van der Waals surface area contributed by atoms with Gasteiger partial charge in [-0.2, -0.15) is 0 Å². The van der Waals surface area contributed by atoms with Crippen LogP contribution < -0.4 is 5.73 Å². The number of likely N-dealkylation sites (N-methyl/N-ethyl adjacent to an activating group) is 1. The van der Waals surface area contributed by atoms with E-state index in [0.717, 1.165) is 17.2 Å². The minimum atomic E-state index is 0.415. The molecule has 1 fully saturated rings. The van der Waals surface area contributed by atoms with Crippen LogP contribution in [0.1, 0.15) is 24.1 Å². The third-order valence-corrected chi connectivity index (χ3v) is 4.18. The Bertz CT molecular complexity index is 409. The van der Waals surface area contributed by atoms with Crippen LogP contribution in [0.25, 0.3) is 0 Å². The molecule has 0 aromatic carbocycles. The van der Waals surface area contributed by atoms with Gasteiger partial charge in [-0.15, -0.1) is 0 Å². The summed E-state index contributed by atoms with van der Waals surface area (Å²) in [7, 11) is 2.07. The van der Waals surface area contributed by atoms with Gasteiger partial charge >= 0.3 is 0 Å². The summed E-state index contributed by atoms with van der Waals surface area (Å²) in [6.07, 6.45) is 2.56. The predicted octanol–water partition coefficient (Wildman–Crippen LogP) is 2.87. The molecular weight excluding hydrogens is 269 g/mol. The lowest BCUT2D eigenvalue weighted by Gasteiger charge is -2.27. The van der Waals surface area contributed by atoms with Gasteiger partial charge in [0.25, 0.3) is 0 Å². The molecule has 2 rings (SSSR count). The highest BCUT2D eigenvalue weighted by Crippen LogP contribution is 2.35. The molecule has 0 aliphatic heterocycles. The molecule has 1 atom stereocenters. The molecule has 1 aromatic rings. The first-order valence-corrected chi connectivity index (χ1v) is 7.00. The van der Waals surface area contributed by atoms with Crippen LogP contribution in [0.2, 0.25) is 10.2 Å². The lowest BCUT2D eigenvalue weighted by molar-refractivity contribution is 0.215. The van der Waals surface area contributed by atoms with Gasteiger partial charge in [-0.25, -0.2) is 4.98 Å². The topological polar surface area (TPSA) is 42.1 Å². The van der Waals surface area contributed by atoms with Crippen molar-refractivity contribution in [3.8, 4) is 0 Å². The van der Waals surface area contributed by atoms with Crippen LogP contribution in [-0.4, -0.2) is 29.5 Å². The van der Waals surface area contributed by atoms with Crippen molar-refractivity contribution in [1.82, 2.24) is 9.88 Å². The van der Waals surface area contributed by atoms with E-state index in [1.165, 1.54) is 12.8 Å². The molecule has 2 N–H and O–H groups in total. The van der Waals surface area contributed by atoms with E-state index in [1.54, 1.807) is 0 Å². The SMILES string of the molecule is Cc1cc(Cl)c(CN(C)C(CN)C2CC2)c(Cl)n1. The smallest absolute Gasteiger partial charge is 0.135 e. The van der Waals surface area contributed by atoms with Gasteiger partial charge in [-0.1, -0.05) is 23.2 Å². The molecule has 0 radical (unpaired) electrons. The van der Waals surface area contributed by atoms with E-state index in [1.807, 2.05) is 13.0 Å². The molecule has 1 saturated carbocycles. The van der Waals surface area contributed by atoms with Crippen LogP contribution >= 0.6 is 23.2 Å². The number of aromatic nitrogens is 1. The fraction of sp³-hybridized carbons (Fsp3) is 0.615. The molecule has 0 amide bonds. The van der Waals surface area contributed by atoms with Gasteiger partial charge < -0.3 is 5.73 Å². The van der Waals surface area contributed by atoms with E-state index in [-0.39, 0.29) is 0 Å². The van der Waals surface area contributed by atoms with Gasteiger partial charge in [-0.05, 0) is 38.8 Å². The van der Waals surface area contributed by atoms with Crippen molar-refractivity contribution in [3.05, 3.63) is 27.5 Å². The summed E-state index contributed by atoms with van der Waals surface area (Å²) < 4.78 is 0. The third-order valence-electron chi connectivity index (χ3n) is 3.53. The Labute approximate surface area is 118 Å². The van der Waals surface area contributed by atoms with Crippen LogP contribution in [-0.2, 0) is 6.54 Å². The van der Waals surface area contributed by atoms with E-state index in [4.69, 9.17) is 28.9 Å². The number of pyridine rings is 1. The van der Waals surface area contributed by atoms with Crippen molar-refractivity contribution < 1.29 is 0 Å². The van der Waals surface area contributed by atoms with Gasteiger partial charge in [-0.3, -0.25) is 4.90 Å². The fourth-order valence-corrected chi connectivity index (χ4v) is 2.99. The minimum Gasteiger partial charge on any atom is -0.329 e. The Morgan fingerprint density at radius 2 is 2.17 bits per heavy atom. The Kier molecular flexibility index (Phi) is 4.49. The molecule has 18 heavy (non-hydrogen) atoms. The Balaban J connectivity index is 2.13. The lowest BCUT2D eigenvalue weighted by atomic mass is 10.1. The molecule has 1 aromatic heterocycles. The molecule has 100 valence electrons. The number of nitrogens with zero attached hydrogens (tertiary/aromatic N) is 2. The van der Waals surface area contributed by atoms with Crippen LogP contribution in [0.15, 0.2) is 6.07 Å². The van der Waals surface area contributed by atoms with Crippen molar-refractivity contribution in [3.63, 3.8) is 0 Å². The van der Waals surface area contributed by atoms with Gasteiger partial charge in [0, 0.05) is 35.4 Å². The first kappa shape index (κ1) is 14.1. The number of hydrogen-bond donors (Lipinski definition) is 1. The average molecular weight is 288 g/mol. The summed E-state index contributed by atoms with van der Waals surface area (Å²) in [5.74, 6) is 0.732. The van der Waals surface area contributed by atoms with E-state index in [0.29, 0.717) is 29.3 Å². The zero-order valence-corrected chi connectivity index (χ0v) is 12.3. The standard InChI is InChI=1S/C13H19Cl2N3/c1-8-5-11(14)10(13(15)17-8)7-18(2)12(6-16)9-3-4-9/h5,9,12H,3-4,6-7,16H2,1-2H3. The Morgan fingerprint density at radius 3 is 2.67 bits per heavy atom. The maximum atomic E-state index is 6.24. The summed E-state index contributed by atoms with van der Waals surface area (Å²) in [4.78, 5) is 6.49. The van der Waals surface area contributed by atoms with E-state index in [9.17, 15) is 0 Å². The molecule has 1 unspecified atom stereocenters. The van der Waals surface area contributed by atoms with Crippen LogP contribution in [0, 0.1) is 12.8 Å². The van der Waals surface area contributed by atoms with Crippen molar-refractivity contribution in [2.45, 2.75) is 32.4 Å². The highest BCUT2D eigenvalue weighted by molar-refractivity contribution is 6.35. The van der Waals surface area contributed by atoms with Crippen molar-refractivity contribution in [1.29, 1.82) is 0 Å². The first-order valence-electron chi connectivity index (χ1n) is 6.24. The van der Waals surface area contributed by atoms with Crippen molar-refractivity contribution >= 4 is 23.2 Å². The molecule has 1 aliphatic carbocycles. The molecule has 1 aliphatic rings. The molecule has 0 bridgehead atoms. The summed E-state index contributed by atoms with van der Waals surface area (Å²) in [6.45, 7) is 3.26. The van der Waals surface area contributed by atoms with Crippen molar-refractivity contribution in [2.24, 2.45) is 11.7 Å². The van der Waals surface area contributed by atoms with Gasteiger partial charge in [0.05, 0.1) is 0 Å². The largest absolute Gasteiger partial charge is 0.329 e. The lowest BCUT2D eigenvalue weighted by Crippen LogP contribution is -2.39. The van der Waals surface area contributed by atoms with Crippen LogP contribution in [0.3, 0.4) is 0 Å². The van der Waals surface area contributed by atoms with Crippen LogP contribution in [0.4, 0.5) is 0 Å². The van der Waals surface area contributed by atoms with Crippen LogP contribution in [0.5, 0.6) is 0 Å². The zero-order valence-electron chi connectivity index (χ0n) is 10.8. The highest BCUT2D eigenvalue weighted by atomic mass is 35.5. The Morgan fingerprint density at radius 1 is 1.50 bits per heavy atom. The third kappa shape index (κ3) is 3.15. The van der Waals surface area contributed by atoms with E-state index < -0.39 is 0 Å². The summed E-state index contributed by atoms with van der Waals surface area (Å²) in [5.41, 5.74) is 7.58. The second-order valence-corrected chi connectivity index (χ2v) is 5.84. The molecule has 0 saturated heterocycles. The minimum absolute atomic E-state index is 0.415.